The SMILES string of the molecule is CCNCc1cc(Cl)cc(S(=O)(=O)NN(C)C)c1F. The molecule has 1 aromatic rings. The van der Waals surface area contributed by atoms with Crippen LogP contribution in [-0.4, -0.2) is 34.1 Å². The second kappa shape index (κ2) is 6.62. The summed E-state index contributed by atoms with van der Waals surface area (Å²) in [5, 5.41) is 4.32. The minimum atomic E-state index is -3.97. The molecule has 0 bridgehead atoms. The van der Waals surface area contributed by atoms with Crippen LogP contribution in [0.2, 0.25) is 5.02 Å². The quantitative estimate of drug-likeness (QED) is 0.779. The number of nitrogens with zero attached hydrogens (tertiary/aromatic N) is 1. The van der Waals surface area contributed by atoms with Crippen molar-refractivity contribution in [3.05, 3.63) is 28.5 Å². The lowest BCUT2D eigenvalue weighted by molar-refractivity contribution is 0.362. The van der Waals surface area contributed by atoms with Gasteiger partial charge in [0.1, 0.15) is 10.7 Å². The van der Waals surface area contributed by atoms with Crippen LogP contribution in [0.15, 0.2) is 17.0 Å². The first kappa shape index (κ1) is 16.3. The summed E-state index contributed by atoms with van der Waals surface area (Å²) >= 11 is 5.84. The highest BCUT2D eigenvalue weighted by atomic mass is 35.5. The van der Waals surface area contributed by atoms with E-state index in [9.17, 15) is 12.8 Å². The molecule has 0 unspecified atom stereocenters. The van der Waals surface area contributed by atoms with Crippen LogP contribution in [0.3, 0.4) is 0 Å². The van der Waals surface area contributed by atoms with Crippen molar-refractivity contribution in [3.63, 3.8) is 0 Å². The van der Waals surface area contributed by atoms with Gasteiger partial charge in [-0.25, -0.2) is 17.8 Å². The molecule has 0 heterocycles. The molecule has 8 heteroatoms. The normalized spacial score (nSPS) is 12.1. The standard InChI is InChI=1S/C11H17ClFN3O2S/c1-4-14-7-8-5-9(12)6-10(11(8)13)19(17,18)15-16(2)3/h5-6,14-15H,4,7H2,1-3H3. The molecule has 1 aromatic carbocycles. The van der Waals surface area contributed by atoms with Crippen molar-refractivity contribution in [2.45, 2.75) is 18.4 Å². The van der Waals surface area contributed by atoms with Gasteiger partial charge in [-0.1, -0.05) is 18.5 Å². The summed E-state index contributed by atoms with van der Waals surface area (Å²) in [5.74, 6) is -0.792. The molecule has 1 rings (SSSR count). The lowest BCUT2D eigenvalue weighted by atomic mass is 10.2. The Kier molecular flexibility index (Phi) is 5.69. The Balaban J connectivity index is 3.24. The van der Waals surface area contributed by atoms with E-state index < -0.39 is 20.7 Å². The van der Waals surface area contributed by atoms with Gasteiger partial charge in [-0.2, -0.15) is 0 Å². The third-order valence-electron chi connectivity index (χ3n) is 2.24. The molecule has 2 N–H and O–H groups in total. The van der Waals surface area contributed by atoms with E-state index in [2.05, 4.69) is 10.1 Å². The van der Waals surface area contributed by atoms with Crippen molar-refractivity contribution < 1.29 is 12.8 Å². The Morgan fingerprint density at radius 2 is 2.00 bits per heavy atom. The molecule has 0 saturated heterocycles. The van der Waals surface area contributed by atoms with Crippen LogP contribution >= 0.6 is 11.6 Å². The Hall–Kier alpha value is -0.730. The molecule has 0 saturated carbocycles. The number of sulfonamides is 1. The van der Waals surface area contributed by atoms with Gasteiger partial charge in [-0.3, -0.25) is 0 Å². The molecule has 0 spiro atoms. The predicted molar refractivity (Wildman–Crippen MR) is 72.8 cm³/mol. The number of rotatable bonds is 6. The number of halogens is 2. The van der Waals surface area contributed by atoms with Gasteiger partial charge in [0.25, 0.3) is 10.0 Å². The fourth-order valence-electron chi connectivity index (χ4n) is 1.49. The van der Waals surface area contributed by atoms with E-state index in [-0.39, 0.29) is 17.1 Å². The van der Waals surface area contributed by atoms with E-state index in [0.717, 1.165) is 6.07 Å². The minimum Gasteiger partial charge on any atom is -0.313 e. The third-order valence-corrected chi connectivity index (χ3v) is 3.94. The van der Waals surface area contributed by atoms with Crippen molar-refractivity contribution in [2.24, 2.45) is 0 Å². The maximum absolute atomic E-state index is 14.2. The van der Waals surface area contributed by atoms with Crippen LogP contribution in [0.1, 0.15) is 12.5 Å². The number of hydrazine groups is 1. The molecule has 0 atom stereocenters. The molecule has 0 aromatic heterocycles. The van der Waals surface area contributed by atoms with Gasteiger partial charge in [-0.15, -0.1) is 4.83 Å². The topological polar surface area (TPSA) is 61.4 Å². The maximum Gasteiger partial charge on any atom is 0.256 e. The van der Waals surface area contributed by atoms with Crippen molar-refractivity contribution in [1.82, 2.24) is 15.2 Å². The van der Waals surface area contributed by atoms with Crippen LogP contribution in [0.25, 0.3) is 0 Å². The predicted octanol–water partition coefficient (Wildman–Crippen LogP) is 1.34. The van der Waals surface area contributed by atoms with Gasteiger partial charge < -0.3 is 5.32 Å². The van der Waals surface area contributed by atoms with Gasteiger partial charge in [0.2, 0.25) is 0 Å². The van der Waals surface area contributed by atoms with Gasteiger partial charge in [0, 0.05) is 31.2 Å². The van der Waals surface area contributed by atoms with Gasteiger partial charge in [-0.05, 0) is 18.7 Å². The van der Waals surface area contributed by atoms with Crippen molar-refractivity contribution in [2.75, 3.05) is 20.6 Å². The van der Waals surface area contributed by atoms with E-state index in [1.165, 1.54) is 25.2 Å². The first-order valence-electron chi connectivity index (χ1n) is 5.66. The summed E-state index contributed by atoms with van der Waals surface area (Å²) in [4.78, 5) is 1.72. The number of hydrogen-bond acceptors (Lipinski definition) is 4. The molecular formula is C11H17ClFN3O2S. The second-order valence-corrected chi connectivity index (χ2v) is 6.21. The van der Waals surface area contributed by atoms with E-state index in [4.69, 9.17) is 11.6 Å². The van der Waals surface area contributed by atoms with Gasteiger partial charge >= 0.3 is 0 Å². The first-order valence-corrected chi connectivity index (χ1v) is 7.52. The largest absolute Gasteiger partial charge is 0.313 e. The summed E-state index contributed by atoms with van der Waals surface area (Å²) in [6.45, 7) is 2.73. The zero-order valence-corrected chi connectivity index (χ0v) is 12.6. The highest BCUT2D eigenvalue weighted by Crippen LogP contribution is 2.23. The van der Waals surface area contributed by atoms with Crippen LogP contribution in [-0.2, 0) is 16.6 Å². The van der Waals surface area contributed by atoms with E-state index in [0.29, 0.717) is 6.54 Å². The number of benzene rings is 1. The minimum absolute atomic E-state index is 0.174. The summed E-state index contributed by atoms with van der Waals surface area (Å²) in [5.41, 5.74) is 0.216. The molecule has 0 fully saturated rings. The molecule has 0 aliphatic heterocycles. The molecule has 5 nitrogen and oxygen atoms in total. The summed E-state index contributed by atoms with van der Waals surface area (Å²) in [6, 6.07) is 2.51. The second-order valence-electron chi connectivity index (χ2n) is 4.15. The summed E-state index contributed by atoms with van der Waals surface area (Å²) in [6.07, 6.45) is 0. The lowest BCUT2D eigenvalue weighted by Gasteiger charge is -2.15. The average molecular weight is 310 g/mol. The van der Waals surface area contributed by atoms with Crippen molar-refractivity contribution >= 4 is 21.6 Å². The molecule has 0 amide bonds. The van der Waals surface area contributed by atoms with Crippen LogP contribution in [0.5, 0.6) is 0 Å². The fraction of sp³-hybridized carbons (Fsp3) is 0.455. The molecule has 108 valence electrons. The third kappa shape index (κ3) is 4.39. The Bertz CT molecular complexity index is 549. The van der Waals surface area contributed by atoms with E-state index in [1.807, 2.05) is 6.92 Å². The Morgan fingerprint density at radius 1 is 1.37 bits per heavy atom. The lowest BCUT2D eigenvalue weighted by Crippen LogP contribution is -2.36. The molecule has 0 aliphatic carbocycles. The van der Waals surface area contributed by atoms with Crippen LogP contribution in [0, 0.1) is 5.82 Å². The smallest absolute Gasteiger partial charge is 0.256 e. The number of nitrogens with one attached hydrogen (secondary N) is 2. The van der Waals surface area contributed by atoms with Gasteiger partial charge in [0.05, 0.1) is 0 Å². The molecular weight excluding hydrogens is 293 g/mol. The van der Waals surface area contributed by atoms with Crippen LogP contribution < -0.4 is 10.1 Å². The van der Waals surface area contributed by atoms with Crippen LogP contribution in [0.4, 0.5) is 4.39 Å². The van der Waals surface area contributed by atoms with Crippen molar-refractivity contribution in [3.8, 4) is 0 Å². The molecule has 19 heavy (non-hydrogen) atoms. The molecule has 0 aliphatic rings. The van der Waals surface area contributed by atoms with Gasteiger partial charge in [0.15, 0.2) is 0 Å². The summed E-state index contributed by atoms with van der Waals surface area (Å²) in [7, 11) is -0.972. The Labute approximate surface area is 117 Å². The fourth-order valence-corrected chi connectivity index (χ4v) is 3.03. The number of hydrogen-bond donors (Lipinski definition) is 2. The first-order chi connectivity index (χ1) is 8.77. The maximum atomic E-state index is 14.2. The molecule has 0 radical (unpaired) electrons. The average Bonchev–Trinajstić information content (AvgIpc) is 2.28. The zero-order valence-electron chi connectivity index (χ0n) is 11.0. The van der Waals surface area contributed by atoms with E-state index in [1.54, 1.807) is 0 Å². The monoisotopic (exact) mass is 309 g/mol. The Morgan fingerprint density at radius 3 is 2.53 bits per heavy atom. The highest BCUT2D eigenvalue weighted by molar-refractivity contribution is 7.89. The van der Waals surface area contributed by atoms with E-state index >= 15 is 0 Å². The highest BCUT2D eigenvalue weighted by Gasteiger charge is 2.22. The summed E-state index contributed by atoms with van der Waals surface area (Å²) < 4.78 is 38.1. The van der Waals surface area contributed by atoms with Crippen molar-refractivity contribution in [1.29, 1.82) is 0 Å². The zero-order chi connectivity index (χ0) is 14.6.